The van der Waals surface area contributed by atoms with Crippen molar-refractivity contribution in [3.8, 4) is 0 Å². The maximum Gasteiger partial charge on any atom is 2.00 e. The van der Waals surface area contributed by atoms with Crippen LogP contribution in [-0.4, -0.2) is 0 Å². The van der Waals surface area contributed by atoms with Crippen molar-refractivity contribution in [2.45, 2.75) is 27.7 Å². The number of hydrogen-bond donors (Lipinski definition) is 0. The summed E-state index contributed by atoms with van der Waals surface area (Å²) in [6.45, 7) is 14.7. The largest absolute Gasteiger partial charge is 2.00 e. The molecule has 0 saturated carbocycles. The summed E-state index contributed by atoms with van der Waals surface area (Å²) in [5.41, 5.74) is 0. The topological polar surface area (TPSA) is 0 Å². The number of allylic oxidation sites excluding steroid dienone is 2. The van der Waals surface area contributed by atoms with Gasteiger partial charge >= 0.3 is 19.5 Å². The molecule has 0 aromatic heterocycles. The average molecular weight is 323 g/mol. The zero-order chi connectivity index (χ0) is 11.7. The molecule has 1 rings (SSSR count). The third-order valence-corrected chi connectivity index (χ3v) is 0.833. The molecule has 102 valence electrons. The second-order valence-electron chi connectivity index (χ2n) is 1.63. The van der Waals surface area contributed by atoms with E-state index >= 15 is 0 Å². The van der Waals surface area contributed by atoms with Crippen molar-refractivity contribution in [1.29, 1.82) is 0 Å². The molecule has 0 spiro atoms. The van der Waals surface area contributed by atoms with Crippen molar-refractivity contribution in [1.82, 2.24) is 0 Å². The third-order valence-electron chi connectivity index (χ3n) is 0.833. The summed E-state index contributed by atoms with van der Waals surface area (Å²) in [4.78, 5) is 0. The van der Waals surface area contributed by atoms with Gasteiger partial charge in [-0.25, -0.2) is 0 Å². The summed E-state index contributed by atoms with van der Waals surface area (Å²) in [7, 11) is 0. The first-order valence-electron chi connectivity index (χ1n) is 5.15. The van der Waals surface area contributed by atoms with Gasteiger partial charge in [-0.1, -0.05) is 89.4 Å². The minimum absolute atomic E-state index is 0. The SMILES string of the molecule is C=CC=C.CC.CC.[CH3-].[CH3-].[Ru+2].c1ccccc1. The molecule has 0 saturated heterocycles. The van der Waals surface area contributed by atoms with Crippen LogP contribution in [0.3, 0.4) is 0 Å². The van der Waals surface area contributed by atoms with E-state index in [4.69, 9.17) is 0 Å². The Bertz CT molecular complexity index is 135. The third kappa shape index (κ3) is 68.0. The summed E-state index contributed by atoms with van der Waals surface area (Å²) < 4.78 is 0. The van der Waals surface area contributed by atoms with E-state index in [9.17, 15) is 0 Å². The van der Waals surface area contributed by atoms with Gasteiger partial charge in [0.05, 0.1) is 0 Å². The van der Waals surface area contributed by atoms with Crippen LogP contribution in [0.5, 0.6) is 0 Å². The van der Waals surface area contributed by atoms with Gasteiger partial charge in [0.25, 0.3) is 0 Å². The predicted octanol–water partition coefficient (Wildman–Crippen LogP) is 6.00. The summed E-state index contributed by atoms with van der Waals surface area (Å²) >= 11 is 0. The van der Waals surface area contributed by atoms with Crippen LogP contribution in [0.2, 0.25) is 0 Å². The van der Waals surface area contributed by atoms with Crippen molar-refractivity contribution in [2.24, 2.45) is 0 Å². The molecule has 0 nitrogen and oxygen atoms in total. The minimum atomic E-state index is 0. The van der Waals surface area contributed by atoms with Gasteiger partial charge < -0.3 is 14.9 Å². The molecule has 0 unspecified atom stereocenters. The molecule has 1 aromatic rings. The van der Waals surface area contributed by atoms with E-state index in [0.717, 1.165) is 0 Å². The second-order valence-corrected chi connectivity index (χ2v) is 1.63. The maximum atomic E-state index is 3.36. The summed E-state index contributed by atoms with van der Waals surface area (Å²) in [5.74, 6) is 0. The summed E-state index contributed by atoms with van der Waals surface area (Å²) in [5, 5.41) is 0. The molecular formula is C16H30Ru. The Morgan fingerprint density at radius 2 is 0.706 bits per heavy atom. The molecule has 0 aliphatic heterocycles. The average Bonchev–Trinajstić information content (AvgIpc) is 2.36. The van der Waals surface area contributed by atoms with Gasteiger partial charge in [-0.05, 0) is 0 Å². The van der Waals surface area contributed by atoms with E-state index in [2.05, 4.69) is 13.2 Å². The van der Waals surface area contributed by atoms with Crippen LogP contribution in [0.4, 0.5) is 0 Å². The second kappa shape index (κ2) is 58.6. The van der Waals surface area contributed by atoms with Crippen molar-refractivity contribution in [3.63, 3.8) is 0 Å². The molecule has 0 heterocycles. The fourth-order valence-electron chi connectivity index (χ4n) is 0.385. The Kier molecular flexibility index (Phi) is 124. The molecule has 0 N–H and O–H groups in total. The molecule has 0 aliphatic carbocycles. The van der Waals surface area contributed by atoms with Crippen LogP contribution in [-0.2, 0) is 19.5 Å². The predicted molar refractivity (Wildman–Crippen MR) is 82.4 cm³/mol. The Balaban J connectivity index is -0.0000000250. The van der Waals surface area contributed by atoms with Gasteiger partial charge in [0.15, 0.2) is 0 Å². The fourth-order valence-corrected chi connectivity index (χ4v) is 0.385. The zero-order valence-corrected chi connectivity index (χ0v) is 14.1. The van der Waals surface area contributed by atoms with E-state index in [1.54, 1.807) is 12.2 Å². The van der Waals surface area contributed by atoms with Crippen LogP contribution >= 0.6 is 0 Å². The van der Waals surface area contributed by atoms with E-state index in [0.29, 0.717) is 0 Å². The van der Waals surface area contributed by atoms with Crippen LogP contribution in [0, 0.1) is 14.9 Å². The molecule has 1 aromatic carbocycles. The molecule has 0 atom stereocenters. The number of benzene rings is 1. The number of hydrogen-bond acceptors (Lipinski definition) is 0. The van der Waals surface area contributed by atoms with Crippen LogP contribution in [0.1, 0.15) is 27.7 Å². The van der Waals surface area contributed by atoms with Crippen molar-refractivity contribution >= 4 is 0 Å². The van der Waals surface area contributed by atoms with Gasteiger partial charge in [0.1, 0.15) is 0 Å². The summed E-state index contributed by atoms with van der Waals surface area (Å²) in [6.07, 6.45) is 3.28. The van der Waals surface area contributed by atoms with Gasteiger partial charge in [-0.3, -0.25) is 0 Å². The first-order chi connectivity index (χ1) is 6.91. The Labute approximate surface area is 124 Å². The van der Waals surface area contributed by atoms with E-state index in [1.807, 2.05) is 64.1 Å². The molecule has 17 heavy (non-hydrogen) atoms. The van der Waals surface area contributed by atoms with E-state index < -0.39 is 0 Å². The van der Waals surface area contributed by atoms with Crippen molar-refractivity contribution in [3.05, 3.63) is 76.6 Å². The quantitative estimate of drug-likeness (QED) is 0.338. The molecule has 0 fully saturated rings. The fraction of sp³-hybridized carbons (Fsp3) is 0.250. The molecule has 0 radical (unpaired) electrons. The smallest absolute Gasteiger partial charge is 0.358 e. The van der Waals surface area contributed by atoms with Crippen molar-refractivity contribution < 1.29 is 19.5 Å². The van der Waals surface area contributed by atoms with Crippen LogP contribution < -0.4 is 0 Å². The molecule has 0 aliphatic rings. The van der Waals surface area contributed by atoms with Crippen LogP contribution in [0.25, 0.3) is 0 Å². The zero-order valence-electron chi connectivity index (χ0n) is 12.4. The van der Waals surface area contributed by atoms with Gasteiger partial charge in [0, 0.05) is 0 Å². The number of rotatable bonds is 1. The molecular weight excluding hydrogens is 293 g/mol. The van der Waals surface area contributed by atoms with Crippen LogP contribution in [0.15, 0.2) is 61.7 Å². The van der Waals surface area contributed by atoms with Gasteiger partial charge in [0.2, 0.25) is 0 Å². The van der Waals surface area contributed by atoms with Gasteiger partial charge in [-0.15, -0.1) is 0 Å². The maximum absolute atomic E-state index is 3.36. The Morgan fingerprint density at radius 3 is 0.765 bits per heavy atom. The first kappa shape index (κ1) is 36.0. The van der Waals surface area contributed by atoms with E-state index in [-0.39, 0.29) is 34.3 Å². The Hall–Kier alpha value is -0.677. The molecule has 0 amide bonds. The molecule has 1 heteroatoms. The summed E-state index contributed by atoms with van der Waals surface area (Å²) in [6, 6.07) is 12.0. The van der Waals surface area contributed by atoms with E-state index in [1.165, 1.54) is 0 Å². The minimum Gasteiger partial charge on any atom is -0.358 e. The molecule has 0 bridgehead atoms. The standard InChI is InChI=1S/C6H6.C4H6.2C2H6.2CH3.Ru/c1-2-4-6-5-3-1;1-3-4-2;2*1-2;;;/h1-6H;3-4H,1-2H2;2*1-2H3;2*1H3;/q;;;;2*-1;+2. The first-order valence-corrected chi connectivity index (χ1v) is 5.15. The normalized spacial score (nSPS) is 4.71. The van der Waals surface area contributed by atoms with Gasteiger partial charge in [-0.2, -0.15) is 0 Å². The monoisotopic (exact) mass is 324 g/mol. The Morgan fingerprint density at radius 1 is 0.588 bits per heavy atom. The van der Waals surface area contributed by atoms with Crippen molar-refractivity contribution in [2.75, 3.05) is 0 Å².